The van der Waals surface area contributed by atoms with Crippen molar-refractivity contribution in [2.75, 3.05) is 7.11 Å². The molecule has 154 valence electrons. The molecule has 30 heavy (non-hydrogen) atoms. The topological polar surface area (TPSA) is 69.9 Å². The second-order valence-corrected chi connectivity index (χ2v) is 8.13. The maximum Gasteiger partial charge on any atom is 0.316 e. The third-order valence-electron chi connectivity index (χ3n) is 6.54. The van der Waals surface area contributed by atoms with Crippen molar-refractivity contribution in [2.45, 2.75) is 44.1 Å². The molecule has 2 aliphatic rings. The quantitative estimate of drug-likeness (QED) is 0.631. The summed E-state index contributed by atoms with van der Waals surface area (Å²) in [5.41, 5.74) is 3.43. The Bertz CT molecular complexity index is 1070. The van der Waals surface area contributed by atoms with E-state index in [1.54, 1.807) is 25.7 Å². The van der Waals surface area contributed by atoms with Crippen LogP contribution in [0.5, 0.6) is 6.01 Å². The second-order valence-electron chi connectivity index (χ2n) is 8.13. The van der Waals surface area contributed by atoms with E-state index >= 15 is 0 Å². The summed E-state index contributed by atoms with van der Waals surface area (Å²) >= 11 is 0. The summed E-state index contributed by atoms with van der Waals surface area (Å²) in [6, 6.07) is 5.14. The van der Waals surface area contributed by atoms with Crippen molar-refractivity contribution < 1.29 is 13.9 Å². The zero-order chi connectivity index (χ0) is 20.7. The van der Waals surface area contributed by atoms with Crippen LogP contribution in [0.1, 0.15) is 55.2 Å². The molecule has 1 atom stereocenters. The fourth-order valence-electron chi connectivity index (χ4n) is 4.95. The zero-order valence-electron chi connectivity index (χ0n) is 16.8. The highest BCUT2D eigenvalue weighted by Crippen LogP contribution is 2.44. The van der Waals surface area contributed by atoms with Gasteiger partial charge in [0.25, 0.3) is 0 Å². The third-order valence-corrected chi connectivity index (χ3v) is 6.54. The van der Waals surface area contributed by atoms with E-state index in [1.807, 2.05) is 23.0 Å². The summed E-state index contributed by atoms with van der Waals surface area (Å²) in [6.45, 7) is 0. The minimum atomic E-state index is -0.307. The van der Waals surface area contributed by atoms with Crippen LogP contribution >= 0.6 is 0 Å². The van der Waals surface area contributed by atoms with Gasteiger partial charge in [-0.1, -0.05) is 12.1 Å². The van der Waals surface area contributed by atoms with E-state index in [9.17, 15) is 9.18 Å². The molecule has 1 unspecified atom stereocenters. The van der Waals surface area contributed by atoms with Gasteiger partial charge in [-0.3, -0.25) is 4.79 Å². The van der Waals surface area contributed by atoms with Crippen LogP contribution in [-0.4, -0.2) is 32.4 Å². The summed E-state index contributed by atoms with van der Waals surface area (Å²) in [5.74, 6) is 0.338. The van der Waals surface area contributed by atoms with E-state index in [-0.39, 0.29) is 23.6 Å². The van der Waals surface area contributed by atoms with Gasteiger partial charge in [0.15, 0.2) is 0 Å². The maximum absolute atomic E-state index is 14.6. The van der Waals surface area contributed by atoms with Crippen LogP contribution in [0.4, 0.5) is 4.39 Å². The molecule has 1 aliphatic carbocycles. The molecule has 2 aromatic heterocycles. The lowest BCUT2D eigenvalue weighted by Gasteiger charge is -2.28. The Morgan fingerprint density at radius 3 is 2.67 bits per heavy atom. The van der Waals surface area contributed by atoms with Crippen molar-refractivity contribution in [3.63, 3.8) is 0 Å². The monoisotopic (exact) mass is 406 g/mol. The van der Waals surface area contributed by atoms with Gasteiger partial charge >= 0.3 is 6.01 Å². The lowest BCUT2D eigenvalue weighted by Crippen LogP contribution is -2.24. The van der Waals surface area contributed by atoms with Gasteiger partial charge in [-0.05, 0) is 43.2 Å². The number of ether oxygens (including phenoxy) is 1. The normalized spacial score (nSPS) is 22.4. The standard InChI is InChI=1S/C23H23FN4O2/c1-30-23-26-10-16(11-27-23)14-5-7-15(8-6-14)21(29)9-19-22-17(3-2-4-18(22)24)20-12-25-13-28(19)20/h2-4,10-15,19H,5-9H2,1H3. The van der Waals surface area contributed by atoms with Crippen molar-refractivity contribution >= 4 is 5.78 Å². The molecule has 3 heterocycles. The van der Waals surface area contributed by atoms with Crippen LogP contribution in [0.2, 0.25) is 0 Å². The number of ketones is 1. The number of nitrogens with zero attached hydrogens (tertiary/aromatic N) is 4. The molecule has 3 aromatic rings. The zero-order valence-corrected chi connectivity index (χ0v) is 16.8. The Labute approximate surface area is 174 Å². The predicted molar refractivity (Wildman–Crippen MR) is 109 cm³/mol. The predicted octanol–water partition coefficient (Wildman–Crippen LogP) is 4.32. The van der Waals surface area contributed by atoms with E-state index in [0.29, 0.717) is 23.9 Å². The Morgan fingerprint density at radius 2 is 1.93 bits per heavy atom. The smallest absolute Gasteiger partial charge is 0.316 e. The van der Waals surface area contributed by atoms with Crippen LogP contribution in [-0.2, 0) is 4.79 Å². The SMILES string of the molecule is COc1ncc(C2CCC(C(=O)CC3c4c(F)cccc4-c4cncn43)CC2)cn1. The minimum Gasteiger partial charge on any atom is -0.467 e. The number of rotatable bonds is 5. The van der Waals surface area contributed by atoms with Gasteiger partial charge in [0, 0.05) is 35.9 Å². The summed E-state index contributed by atoms with van der Waals surface area (Å²) in [7, 11) is 1.55. The molecule has 1 fully saturated rings. The molecule has 0 saturated heterocycles. The molecule has 0 amide bonds. The first-order chi connectivity index (χ1) is 14.7. The molecule has 0 bridgehead atoms. The minimum absolute atomic E-state index is 0.0169. The van der Waals surface area contributed by atoms with E-state index in [0.717, 1.165) is 42.5 Å². The number of imidazole rings is 1. The molecule has 0 spiro atoms. The molecule has 6 nitrogen and oxygen atoms in total. The maximum atomic E-state index is 14.6. The fourth-order valence-corrected chi connectivity index (χ4v) is 4.95. The molecular weight excluding hydrogens is 383 g/mol. The average molecular weight is 406 g/mol. The Balaban J connectivity index is 1.27. The fraction of sp³-hybridized carbons (Fsp3) is 0.391. The van der Waals surface area contributed by atoms with Gasteiger partial charge in [-0.2, -0.15) is 0 Å². The molecule has 1 aliphatic heterocycles. The second kappa shape index (κ2) is 7.63. The molecule has 1 aromatic carbocycles. The van der Waals surface area contributed by atoms with Crippen LogP contribution in [0.3, 0.4) is 0 Å². The first kappa shape index (κ1) is 18.9. The summed E-state index contributed by atoms with van der Waals surface area (Å²) in [4.78, 5) is 25.7. The van der Waals surface area contributed by atoms with Crippen LogP contribution < -0.4 is 4.74 Å². The molecule has 0 N–H and O–H groups in total. The van der Waals surface area contributed by atoms with Crippen molar-refractivity contribution in [1.29, 1.82) is 0 Å². The Kier molecular flexibility index (Phi) is 4.81. The van der Waals surface area contributed by atoms with E-state index in [4.69, 9.17) is 4.74 Å². The average Bonchev–Trinajstić information content (AvgIpc) is 3.37. The van der Waals surface area contributed by atoms with E-state index in [2.05, 4.69) is 15.0 Å². The van der Waals surface area contributed by atoms with E-state index < -0.39 is 0 Å². The summed E-state index contributed by atoms with van der Waals surface area (Å²) in [6.07, 6.45) is 10.9. The highest BCUT2D eigenvalue weighted by Gasteiger charge is 2.35. The first-order valence-corrected chi connectivity index (χ1v) is 10.3. The van der Waals surface area contributed by atoms with Gasteiger partial charge in [0.2, 0.25) is 0 Å². The first-order valence-electron chi connectivity index (χ1n) is 10.3. The molecule has 7 heteroatoms. The molecule has 1 saturated carbocycles. The number of carbonyl (C=O) groups is 1. The third kappa shape index (κ3) is 3.18. The van der Waals surface area contributed by atoms with Crippen LogP contribution in [0.25, 0.3) is 11.3 Å². The number of carbonyl (C=O) groups excluding carboxylic acids is 1. The number of hydrogen-bond acceptors (Lipinski definition) is 5. The van der Waals surface area contributed by atoms with Crippen molar-refractivity contribution in [3.05, 3.63) is 60.1 Å². The van der Waals surface area contributed by atoms with Gasteiger partial charge in [-0.15, -0.1) is 0 Å². The molecule has 5 rings (SSSR count). The highest BCUT2D eigenvalue weighted by atomic mass is 19.1. The largest absolute Gasteiger partial charge is 0.467 e. The lowest BCUT2D eigenvalue weighted by atomic mass is 9.76. The summed E-state index contributed by atoms with van der Waals surface area (Å²) in [5, 5.41) is 0. The number of methoxy groups -OCH3 is 1. The van der Waals surface area contributed by atoms with Crippen molar-refractivity contribution in [3.8, 4) is 17.3 Å². The van der Waals surface area contributed by atoms with Crippen molar-refractivity contribution in [2.24, 2.45) is 5.92 Å². The van der Waals surface area contributed by atoms with E-state index in [1.165, 1.54) is 6.07 Å². The number of aromatic nitrogens is 4. The lowest BCUT2D eigenvalue weighted by molar-refractivity contribution is -0.124. The van der Waals surface area contributed by atoms with Gasteiger partial charge in [0.1, 0.15) is 11.6 Å². The van der Waals surface area contributed by atoms with Gasteiger partial charge < -0.3 is 9.30 Å². The van der Waals surface area contributed by atoms with Gasteiger partial charge in [0.05, 0.1) is 31.4 Å². The Hall–Kier alpha value is -3.09. The highest BCUT2D eigenvalue weighted by molar-refractivity contribution is 5.83. The number of hydrogen-bond donors (Lipinski definition) is 0. The van der Waals surface area contributed by atoms with Crippen LogP contribution in [0, 0.1) is 11.7 Å². The van der Waals surface area contributed by atoms with Crippen molar-refractivity contribution in [1.82, 2.24) is 19.5 Å². The Morgan fingerprint density at radius 1 is 1.17 bits per heavy atom. The molecular formula is C23H23FN4O2. The molecule has 0 radical (unpaired) electrons. The summed E-state index contributed by atoms with van der Waals surface area (Å²) < 4.78 is 21.6. The number of Topliss-reactive ketones (excluding diaryl/α,β-unsaturated/α-hetero) is 1. The van der Waals surface area contributed by atoms with Gasteiger partial charge in [-0.25, -0.2) is 19.3 Å². The van der Waals surface area contributed by atoms with Crippen LogP contribution in [0.15, 0.2) is 43.1 Å². The number of benzene rings is 1. The number of fused-ring (bicyclic) bond motifs is 3. The number of halogens is 1.